The van der Waals surface area contributed by atoms with Gasteiger partial charge in [-0.3, -0.25) is 4.99 Å². The van der Waals surface area contributed by atoms with Crippen molar-refractivity contribution in [2.75, 3.05) is 33.4 Å². The second-order valence-electron chi connectivity index (χ2n) is 7.05. The lowest BCUT2D eigenvalue weighted by Crippen LogP contribution is -2.46. The Morgan fingerprint density at radius 3 is 2.81 bits per heavy atom. The molecule has 1 aromatic carbocycles. The lowest BCUT2D eigenvalue weighted by Gasteiger charge is -2.23. The Kier molecular flexibility index (Phi) is 8.63. The second kappa shape index (κ2) is 10.2. The van der Waals surface area contributed by atoms with E-state index in [1.807, 2.05) is 7.05 Å². The molecular formula is C19H29BrIN3O2. The predicted molar refractivity (Wildman–Crippen MR) is 120 cm³/mol. The summed E-state index contributed by atoms with van der Waals surface area (Å²) in [5.41, 5.74) is 1.61. The number of rotatable bonds is 7. The van der Waals surface area contributed by atoms with Gasteiger partial charge in [0.05, 0.1) is 19.3 Å². The molecule has 2 aliphatic rings. The van der Waals surface area contributed by atoms with Crippen molar-refractivity contribution >= 4 is 45.9 Å². The third kappa shape index (κ3) is 5.81. The predicted octanol–water partition coefficient (Wildman–Crippen LogP) is 3.46. The zero-order valence-corrected chi connectivity index (χ0v) is 19.4. The Hall–Kier alpha value is -0.380. The maximum Gasteiger partial charge on any atom is 0.191 e. The number of nitrogens with zero attached hydrogens (tertiary/aromatic N) is 1. The average molecular weight is 538 g/mol. The van der Waals surface area contributed by atoms with Crippen LogP contribution >= 0.6 is 39.9 Å². The number of hydrogen-bond acceptors (Lipinski definition) is 3. The normalized spacial score (nSPS) is 22.4. The monoisotopic (exact) mass is 537 g/mol. The Morgan fingerprint density at radius 1 is 1.42 bits per heavy atom. The third-order valence-electron chi connectivity index (χ3n) is 4.97. The summed E-state index contributed by atoms with van der Waals surface area (Å²) in [6.07, 6.45) is 3.65. The van der Waals surface area contributed by atoms with Crippen LogP contribution in [0.2, 0.25) is 0 Å². The SMILES string of the molecule is CN=C(NCC1(c2ccccc2Br)CC1)NC(C)COC1CCOC1.I. The molecule has 0 radical (unpaired) electrons. The van der Waals surface area contributed by atoms with Crippen molar-refractivity contribution in [1.29, 1.82) is 0 Å². The van der Waals surface area contributed by atoms with Gasteiger partial charge < -0.3 is 20.1 Å². The summed E-state index contributed by atoms with van der Waals surface area (Å²) in [4.78, 5) is 4.36. The highest BCUT2D eigenvalue weighted by atomic mass is 127. The summed E-state index contributed by atoms with van der Waals surface area (Å²) in [6, 6.07) is 8.71. The molecule has 7 heteroatoms. The molecule has 26 heavy (non-hydrogen) atoms. The highest BCUT2D eigenvalue weighted by Crippen LogP contribution is 2.49. The number of aliphatic imine (C=N–C) groups is 1. The molecule has 5 nitrogen and oxygen atoms in total. The molecule has 1 saturated heterocycles. The Balaban J connectivity index is 0.00000243. The summed E-state index contributed by atoms with van der Waals surface area (Å²) < 4.78 is 12.4. The number of halogens is 2. The minimum Gasteiger partial charge on any atom is -0.379 e. The van der Waals surface area contributed by atoms with Crippen molar-refractivity contribution in [1.82, 2.24) is 10.6 Å². The van der Waals surface area contributed by atoms with Gasteiger partial charge in [-0.15, -0.1) is 24.0 Å². The number of nitrogens with one attached hydrogen (secondary N) is 2. The minimum absolute atomic E-state index is 0. The van der Waals surface area contributed by atoms with E-state index in [-0.39, 0.29) is 41.5 Å². The van der Waals surface area contributed by atoms with Crippen molar-refractivity contribution in [3.63, 3.8) is 0 Å². The maximum absolute atomic E-state index is 5.88. The quantitative estimate of drug-likeness (QED) is 0.318. The van der Waals surface area contributed by atoms with Crippen LogP contribution in [0, 0.1) is 0 Å². The van der Waals surface area contributed by atoms with Crippen molar-refractivity contribution in [2.45, 2.75) is 43.7 Å². The Morgan fingerprint density at radius 2 is 2.19 bits per heavy atom. The van der Waals surface area contributed by atoms with Crippen LogP contribution in [-0.2, 0) is 14.9 Å². The van der Waals surface area contributed by atoms with Crippen LogP contribution in [0.5, 0.6) is 0 Å². The fourth-order valence-corrected chi connectivity index (χ4v) is 3.94. The van der Waals surface area contributed by atoms with E-state index < -0.39 is 0 Å². The first-order valence-electron chi connectivity index (χ1n) is 9.04. The zero-order valence-electron chi connectivity index (χ0n) is 15.5. The van der Waals surface area contributed by atoms with Gasteiger partial charge in [0, 0.05) is 36.1 Å². The maximum atomic E-state index is 5.88. The van der Waals surface area contributed by atoms with Crippen LogP contribution in [0.1, 0.15) is 31.7 Å². The van der Waals surface area contributed by atoms with Gasteiger partial charge in [-0.25, -0.2) is 0 Å². The van der Waals surface area contributed by atoms with Crippen LogP contribution in [0.25, 0.3) is 0 Å². The molecule has 1 heterocycles. The molecule has 2 fully saturated rings. The van der Waals surface area contributed by atoms with Crippen molar-refractivity contribution in [3.8, 4) is 0 Å². The van der Waals surface area contributed by atoms with Gasteiger partial charge in [-0.1, -0.05) is 34.1 Å². The van der Waals surface area contributed by atoms with Gasteiger partial charge in [0.2, 0.25) is 0 Å². The zero-order chi connectivity index (χ0) is 17.7. The highest BCUT2D eigenvalue weighted by Gasteiger charge is 2.45. The molecule has 0 bridgehead atoms. The molecule has 0 aromatic heterocycles. The van der Waals surface area contributed by atoms with E-state index >= 15 is 0 Å². The number of ether oxygens (including phenoxy) is 2. The molecule has 2 unspecified atom stereocenters. The standard InChI is InChI=1S/C19H28BrN3O2.HI/c1-14(11-25-15-7-10-24-12-15)23-18(21-2)22-13-19(8-9-19)16-5-3-4-6-17(16)20;/h3-6,14-15H,7-13H2,1-2H3,(H2,21,22,23);1H. The highest BCUT2D eigenvalue weighted by molar-refractivity contribution is 14.0. The van der Waals surface area contributed by atoms with Crippen molar-refractivity contribution < 1.29 is 9.47 Å². The number of guanidine groups is 1. The lowest BCUT2D eigenvalue weighted by molar-refractivity contribution is 0.0347. The molecule has 2 atom stereocenters. The van der Waals surface area contributed by atoms with E-state index in [4.69, 9.17) is 9.47 Å². The van der Waals surface area contributed by atoms with Gasteiger partial charge in [0.15, 0.2) is 5.96 Å². The van der Waals surface area contributed by atoms with Crippen LogP contribution in [0.3, 0.4) is 0 Å². The lowest BCUT2D eigenvalue weighted by atomic mass is 9.96. The van der Waals surface area contributed by atoms with Gasteiger partial charge in [0.1, 0.15) is 0 Å². The molecular weight excluding hydrogens is 509 g/mol. The van der Waals surface area contributed by atoms with E-state index in [0.717, 1.165) is 25.5 Å². The first kappa shape index (κ1) is 21.9. The van der Waals surface area contributed by atoms with E-state index in [2.05, 4.69) is 62.7 Å². The fraction of sp³-hybridized carbons (Fsp3) is 0.632. The molecule has 1 aliphatic heterocycles. The first-order chi connectivity index (χ1) is 12.1. The van der Waals surface area contributed by atoms with E-state index in [1.54, 1.807) is 0 Å². The summed E-state index contributed by atoms with van der Waals surface area (Å²) in [5, 5.41) is 6.91. The van der Waals surface area contributed by atoms with E-state index in [1.165, 1.54) is 22.9 Å². The van der Waals surface area contributed by atoms with E-state index in [0.29, 0.717) is 13.2 Å². The Bertz CT molecular complexity index is 604. The summed E-state index contributed by atoms with van der Waals surface area (Å²) in [6.45, 7) is 5.19. The number of hydrogen-bond donors (Lipinski definition) is 2. The molecule has 1 saturated carbocycles. The van der Waals surface area contributed by atoms with Crippen molar-refractivity contribution in [2.24, 2.45) is 4.99 Å². The van der Waals surface area contributed by atoms with E-state index in [9.17, 15) is 0 Å². The first-order valence-corrected chi connectivity index (χ1v) is 9.84. The summed E-state index contributed by atoms with van der Waals surface area (Å²) in [5.74, 6) is 0.831. The van der Waals surface area contributed by atoms with Crippen molar-refractivity contribution in [3.05, 3.63) is 34.3 Å². The summed E-state index contributed by atoms with van der Waals surface area (Å²) >= 11 is 3.69. The average Bonchev–Trinajstić information content (AvgIpc) is 3.22. The number of benzene rings is 1. The molecule has 1 aromatic rings. The topological polar surface area (TPSA) is 54.9 Å². The molecule has 1 aliphatic carbocycles. The third-order valence-corrected chi connectivity index (χ3v) is 5.66. The van der Waals surface area contributed by atoms with Gasteiger partial charge >= 0.3 is 0 Å². The summed E-state index contributed by atoms with van der Waals surface area (Å²) in [7, 11) is 1.81. The fourth-order valence-electron chi connectivity index (χ4n) is 3.23. The molecule has 0 amide bonds. The van der Waals surface area contributed by atoms with Crippen LogP contribution in [0.4, 0.5) is 0 Å². The molecule has 3 rings (SSSR count). The van der Waals surface area contributed by atoms with Crippen LogP contribution < -0.4 is 10.6 Å². The Labute approximate surface area is 181 Å². The van der Waals surface area contributed by atoms with Crippen LogP contribution in [-0.4, -0.2) is 51.5 Å². The largest absolute Gasteiger partial charge is 0.379 e. The molecule has 0 spiro atoms. The molecule has 146 valence electrons. The smallest absolute Gasteiger partial charge is 0.191 e. The molecule has 2 N–H and O–H groups in total. The van der Waals surface area contributed by atoms with Gasteiger partial charge in [0.25, 0.3) is 0 Å². The van der Waals surface area contributed by atoms with Gasteiger partial charge in [-0.05, 0) is 37.8 Å². The minimum atomic E-state index is 0. The van der Waals surface area contributed by atoms with Gasteiger partial charge in [-0.2, -0.15) is 0 Å². The second-order valence-corrected chi connectivity index (χ2v) is 7.90. The van der Waals surface area contributed by atoms with Crippen LogP contribution in [0.15, 0.2) is 33.7 Å².